The molecule has 2 heterocycles. The van der Waals surface area contributed by atoms with Gasteiger partial charge < -0.3 is 4.74 Å². The lowest BCUT2D eigenvalue weighted by molar-refractivity contribution is 0.436. The van der Waals surface area contributed by atoms with Crippen LogP contribution in [0, 0.1) is 18.4 Å². The third kappa shape index (κ3) is 4.90. The van der Waals surface area contributed by atoms with E-state index in [0.29, 0.717) is 23.2 Å². The molecule has 262 valence electrons. The number of aromatic nitrogens is 3. The van der Waals surface area contributed by atoms with Crippen molar-refractivity contribution in [1.29, 1.82) is 0 Å². The van der Waals surface area contributed by atoms with Crippen LogP contribution in [0.15, 0.2) is 188 Å². The van der Waals surface area contributed by atoms with Gasteiger partial charge in [0.05, 0.1) is 12.0 Å². The van der Waals surface area contributed by atoms with Gasteiger partial charge >= 0.3 is 0 Å². The van der Waals surface area contributed by atoms with Crippen molar-refractivity contribution in [3.05, 3.63) is 227 Å². The number of benzene rings is 6. The number of rotatable bonds is 4. The van der Waals surface area contributed by atoms with Gasteiger partial charge in [-0.15, -0.1) is 0 Å². The van der Waals surface area contributed by atoms with Crippen LogP contribution < -0.4 is 4.74 Å². The minimum absolute atomic E-state index is 0.180. The molecule has 0 fully saturated rings. The van der Waals surface area contributed by atoms with Crippen molar-refractivity contribution in [2.24, 2.45) is 11.8 Å². The fraction of sp³-hybridized carbons (Fsp3) is 0.0588. The maximum absolute atomic E-state index is 7.50. The predicted octanol–water partition coefficient (Wildman–Crippen LogP) is 11.9. The Morgan fingerprint density at radius 2 is 1.05 bits per heavy atom. The fourth-order valence-corrected chi connectivity index (χ4v) is 8.95. The van der Waals surface area contributed by atoms with Crippen LogP contribution in [-0.4, -0.2) is 15.0 Å². The van der Waals surface area contributed by atoms with E-state index in [2.05, 4.69) is 114 Å². The second kappa shape index (κ2) is 12.6. The van der Waals surface area contributed by atoms with Crippen molar-refractivity contribution in [3.8, 4) is 56.8 Å². The molecular formula is C51H32N4O. The first-order valence-electron chi connectivity index (χ1n) is 18.9. The monoisotopic (exact) mass is 716 g/mol. The Balaban J connectivity index is 1.13. The first-order chi connectivity index (χ1) is 27.7. The van der Waals surface area contributed by atoms with Crippen LogP contribution in [0.4, 0.5) is 0 Å². The van der Waals surface area contributed by atoms with E-state index in [1.54, 1.807) is 0 Å². The standard InChI is InChI=1S/C51H32N4O/c1-52-39-25-22-35-28-34(20-21-36(35)29-39)37-24-27-47-45(30-37)51(43-18-10-11-19-46(43)56-47)42-17-9-8-16-40(42)41-26-23-38(31-44(41)51)50-54-48(32-12-4-2-5-13-32)53-49(55-50)33-14-6-3-7-15-33/h2-31,35-36H. The summed E-state index contributed by atoms with van der Waals surface area (Å²) in [7, 11) is 0. The molecule has 56 heavy (non-hydrogen) atoms. The summed E-state index contributed by atoms with van der Waals surface area (Å²) in [5.74, 6) is 3.92. The predicted molar refractivity (Wildman–Crippen MR) is 221 cm³/mol. The topological polar surface area (TPSA) is 52.3 Å². The van der Waals surface area contributed by atoms with E-state index in [1.807, 2.05) is 72.8 Å². The highest BCUT2D eigenvalue weighted by Gasteiger charge is 2.51. The third-order valence-corrected chi connectivity index (χ3v) is 11.5. The minimum Gasteiger partial charge on any atom is -0.457 e. The Morgan fingerprint density at radius 3 is 1.80 bits per heavy atom. The van der Waals surface area contributed by atoms with Gasteiger partial charge in [0.2, 0.25) is 0 Å². The van der Waals surface area contributed by atoms with Crippen molar-refractivity contribution in [1.82, 2.24) is 15.0 Å². The maximum Gasteiger partial charge on any atom is 0.183 e. The van der Waals surface area contributed by atoms with Crippen LogP contribution in [0.1, 0.15) is 27.8 Å². The third-order valence-electron chi connectivity index (χ3n) is 11.5. The number of hydrogen-bond acceptors (Lipinski definition) is 4. The van der Waals surface area contributed by atoms with Crippen LogP contribution in [-0.2, 0) is 5.41 Å². The Labute approximate surface area is 325 Å². The molecule has 1 aromatic heterocycles. The summed E-state index contributed by atoms with van der Waals surface area (Å²) in [6.07, 6.45) is 12.9. The summed E-state index contributed by atoms with van der Waals surface area (Å²) < 4.78 is 6.77. The van der Waals surface area contributed by atoms with E-state index in [9.17, 15) is 0 Å². The van der Waals surface area contributed by atoms with Gasteiger partial charge in [0, 0.05) is 33.7 Å². The smallest absolute Gasteiger partial charge is 0.183 e. The van der Waals surface area contributed by atoms with E-state index >= 15 is 0 Å². The SMILES string of the molecule is [C-]#[N+]C1=CC2C=CC(c3ccc4c(c3)C3(c5ccccc5O4)c4ccccc4-c4ccc(-c5nc(-c6ccccc6)nc(-c6ccccc6)n5)cc43)=CC2C=C1. The maximum atomic E-state index is 7.50. The molecule has 6 aromatic carbocycles. The van der Waals surface area contributed by atoms with Gasteiger partial charge in [0.1, 0.15) is 11.5 Å². The normalized spacial score (nSPS) is 19.3. The van der Waals surface area contributed by atoms with E-state index in [1.165, 1.54) is 16.7 Å². The van der Waals surface area contributed by atoms with E-state index in [0.717, 1.165) is 56.0 Å². The quantitative estimate of drug-likeness (QED) is 0.170. The molecule has 0 saturated heterocycles. The van der Waals surface area contributed by atoms with Gasteiger partial charge in [0.25, 0.3) is 0 Å². The molecule has 3 unspecified atom stereocenters. The number of nitrogens with zero attached hydrogens (tertiary/aromatic N) is 4. The lowest BCUT2D eigenvalue weighted by atomic mass is 9.65. The molecule has 0 radical (unpaired) electrons. The Hall–Kier alpha value is -7.42. The lowest BCUT2D eigenvalue weighted by Gasteiger charge is -2.39. The molecule has 11 rings (SSSR count). The fourth-order valence-electron chi connectivity index (χ4n) is 8.95. The highest BCUT2D eigenvalue weighted by Crippen LogP contribution is 2.62. The molecule has 7 aromatic rings. The van der Waals surface area contributed by atoms with Crippen molar-refractivity contribution < 1.29 is 4.74 Å². The molecule has 5 nitrogen and oxygen atoms in total. The number of para-hydroxylation sites is 1. The molecule has 4 aliphatic rings. The van der Waals surface area contributed by atoms with Crippen LogP contribution in [0.5, 0.6) is 11.5 Å². The van der Waals surface area contributed by atoms with E-state index in [4.69, 9.17) is 26.3 Å². The van der Waals surface area contributed by atoms with Crippen molar-refractivity contribution in [3.63, 3.8) is 0 Å². The summed E-state index contributed by atoms with van der Waals surface area (Å²) in [6.45, 7) is 7.50. The minimum atomic E-state index is -0.681. The zero-order valence-electron chi connectivity index (χ0n) is 30.2. The molecule has 0 saturated carbocycles. The highest BCUT2D eigenvalue weighted by molar-refractivity contribution is 5.91. The van der Waals surface area contributed by atoms with Gasteiger partial charge in [-0.05, 0) is 63.6 Å². The molecule has 1 spiro atoms. The van der Waals surface area contributed by atoms with E-state index < -0.39 is 5.41 Å². The molecule has 5 heteroatoms. The van der Waals surface area contributed by atoms with Gasteiger partial charge in [-0.1, -0.05) is 158 Å². The Bertz CT molecular complexity index is 2860. The van der Waals surface area contributed by atoms with Gasteiger partial charge in [-0.25, -0.2) is 19.8 Å². The number of hydrogen-bond donors (Lipinski definition) is 0. The summed E-state index contributed by atoms with van der Waals surface area (Å²) >= 11 is 0. The zero-order chi connectivity index (χ0) is 37.2. The van der Waals surface area contributed by atoms with Crippen LogP contribution in [0.25, 0.3) is 55.7 Å². The van der Waals surface area contributed by atoms with Crippen LogP contribution in [0.3, 0.4) is 0 Å². The zero-order valence-corrected chi connectivity index (χ0v) is 30.2. The molecule has 0 bridgehead atoms. The lowest BCUT2D eigenvalue weighted by Crippen LogP contribution is -2.32. The van der Waals surface area contributed by atoms with E-state index in [-0.39, 0.29) is 11.8 Å². The molecular weight excluding hydrogens is 685 g/mol. The van der Waals surface area contributed by atoms with Crippen LogP contribution >= 0.6 is 0 Å². The summed E-state index contributed by atoms with van der Waals surface area (Å²) in [6, 6.07) is 50.8. The first kappa shape index (κ1) is 32.0. The second-order valence-corrected chi connectivity index (χ2v) is 14.6. The van der Waals surface area contributed by atoms with Crippen LogP contribution in [0.2, 0.25) is 0 Å². The van der Waals surface area contributed by atoms with Gasteiger partial charge in [0.15, 0.2) is 23.2 Å². The molecule has 3 atom stereocenters. The Kier molecular flexibility index (Phi) is 7.20. The van der Waals surface area contributed by atoms with Gasteiger partial charge in [-0.2, -0.15) is 0 Å². The molecule has 0 N–H and O–H groups in total. The average Bonchev–Trinajstić information content (AvgIpc) is 3.56. The molecule has 0 amide bonds. The van der Waals surface area contributed by atoms with Crippen molar-refractivity contribution >= 4 is 5.57 Å². The van der Waals surface area contributed by atoms with Crippen molar-refractivity contribution in [2.45, 2.75) is 5.41 Å². The highest BCUT2D eigenvalue weighted by atomic mass is 16.5. The summed E-state index contributed by atoms with van der Waals surface area (Å²) in [5, 5.41) is 0. The summed E-state index contributed by atoms with van der Waals surface area (Å²) in [5.41, 5.74) is 12.0. The molecule has 1 aliphatic heterocycles. The number of fused-ring (bicyclic) bond motifs is 10. The number of ether oxygens (including phenoxy) is 1. The number of allylic oxidation sites excluding steroid dienone is 7. The second-order valence-electron chi connectivity index (χ2n) is 14.6. The Morgan fingerprint density at radius 1 is 0.482 bits per heavy atom. The average molecular weight is 717 g/mol. The first-order valence-corrected chi connectivity index (χ1v) is 18.9. The van der Waals surface area contributed by atoms with Crippen molar-refractivity contribution in [2.75, 3.05) is 0 Å². The largest absolute Gasteiger partial charge is 0.457 e. The van der Waals surface area contributed by atoms with Gasteiger partial charge in [-0.3, -0.25) is 0 Å². The molecule has 3 aliphatic carbocycles. The summed E-state index contributed by atoms with van der Waals surface area (Å²) in [4.78, 5) is 18.9.